The molecule has 4 rings (SSSR count). The summed E-state index contributed by atoms with van der Waals surface area (Å²) in [5, 5.41) is 0.684. The third-order valence-corrected chi connectivity index (χ3v) is 4.99. The van der Waals surface area contributed by atoms with E-state index in [1.807, 2.05) is 66.6 Å². The van der Waals surface area contributed by atoms with Gasteiger partial charge in [-0.05, 0) is 43.3 Å². The standard InChI is InChI=1S/C22H20ClN3O2/c1-2-28-20-6-4-3-5-18(20)22(27)26-12-11-19-16(14-26)13-24-21(25-19)15-7-9-17(23)10-8-15/h3-10,13H,2,11-12,14H2,1H3. The number of amides is 1. The van der Waals surface area contributed by atoms with E-state index in [-0.39, 0.29) is 5.91 Å². The number of nitrogens with zero attached hydrogens (tertiary/aromatic N) is 3. The van der Waals surface area contributed by atoms with Crippen molar-refractivity contribution in [2.24, 2.45) is 0 Å². The van der Waals surface area contributed by atoms with Gasteiger partial charge in [0.1, 0.15) is 5.75 Å². The summed E-state index contributed by atoms with van der Waals surface area (Å²) in [6.45, 7) is 3.54. The van der Waals surface area contributed by atoms with Gasteiger partial charge in [0.2, 0.25) is 0 Å². The fraction of sp³-hybridized carbons (Fsp3) is 0.227. The number of fused-ring (bicyclic) bond motifs is 1. The zero-order valence-electron chi connectivity index (χ0n) is 15.6. The largest absolute Gasteiger partial charge is 0.493 e. The zero-order chi connectivity index (χ0) is 19.5. The SMILES string of the molecule is CCOc1ccccc1C(=O)N1CCc2nc(-c3ccc(Cl)cc3)ncc2C1. The van der Waals surface area contributed by atoms with Gasteiger partial charge in [-0.25, -0.2) is 9.97 Å². The van der Waals surface area contributed by atoms with Crippen LogP contribution in [0.15, 0.2) is 54.7 Å². The van der Waals surface area contributed by atoms with Crippen LogP contribution in [0.2, 0.25) is 5.02 Å². The third-order valence-electron chi connectivity index (χ3n) is 4.74. The first kappa shape index (κ1) is 18.4. The number of carbonyl (C=O) groups is 1. The highest BCUT2D eigenvalue weighted by atomic mass is 35.5. The Labute approximate surface area is 169 Å². The van der Waals surface area contributed by atoms with E-state index in [1.165, 1.54) is 0 Å². The Morgan fingerprint density at radius 2 is 1.96 bits per heavy atom. The van der Waals surface area contributed by atoms with Crippen LogP contribution in [0.1, 0.15) is 28.5 Å². The molecule has 0 aliphatic carbocycles. The van der Waals surface area contributed by atoms with Gasteiger partial charge in [0.25, 0.3) is 5.91 Å². The average molecular weight is 394 g/mol. The first-order valence-electron chi connectivity index (χ1n) is 9.27. The molecule has 0 unspecified atom stereocenters. The molecule has 0 radical (unpaired) electrons. The minimum absolute atomic E-state index is 0.0310. The minimum atomic E-state index is -0.0310. The van der Waals surface area contributed by atoms with Crippen LogP contribution in [-0.2, 0) is 13.0 Å². The highest BCUT2D eigenvalue weighted by molar-refractivity contribution is 6.30. The van der Waals surface area contributed by atoms with Crippen LogP contribution in [0.5, 0.6) is 5.75 Å². The molecule has 3 aromatic rings. The minimum Gasteiger partial charge on any atom is -0.493 e. The molecule has 1 aromatic heterocycles. The highest BCUT2D eigenvalue weighted by Gasteiger charge is 2.25. The number of aromatic nitrogens is 2. The Hall–Kier alpha value is -2.92. The van der Waals surface area contributed by atoms with Gasteiger partial charge in [0.15, 0.2) is 5.82 Å². The molecular weight excluding hydrogens is 374 g/mol. The molecule has 1 aliphatic rings. The van der Waals surface area contributed by atoms with Gasteiger partial charge in [0, 0.05) is 41.9 Å². The Kier molecular flexibility index (Phi) is 5.26. The van der Waals surface area contributed by atoms with Crippen molar-refractivity contribution >= 4 is 17.5 Å². The molecular formula is C22H20ClN3O2. The van der Waals surface area contributed by atoms with Crippen molar-refractivity contribution in [3.05, 3.63) is 76.6 Å². The van der Waals surface area contributed by atoms with E-state index in [1.54, 1.807) is 0 Å². The summed E-state index contributed by atoms with van der Waals surface area (Å²) in [6.07, 6.45) is 2.52. The number of halogens is 1. The third kappa shape index (κ3) is 3.71. The molecule has 0 spiro atoms. The molecule has 0 atom stereocenters. The molecule has 2 aromatic carbocycles. The molecule has 0 saturated heterocycles. The van der Waals surface area contributed by atoms with Gasteiger partial charge in [0.05, 0.1) is 17.9 Å². The second-order valence-corrected chi connectivity index (χ2v) is 7.01. The maximum absolute atomic E-state index is 13.0. The zero-order valence-corrected chi connectivity index (χ0v) is 16.3. The average Bonchev–Trinajstić information content (AvgIpc) is 2.74. The molecule has 5 nitrogen and oxygen atoms in total. The van der Waals surface area contributed by atoms with Gasteiger partial charge < -0.3 is 9.64 Å². The molecule has 1 amide bonds. The lowest BCUT2D eigenvalue weighted by Gasteiger charge is -2.28. The van der Waals surface area contributed by atoms with E-state index in [4.69, 9.17) is 21.3 Å². The number of hydrogen-bond donors (Lipinski definition) is 0. The number of rotatable bonds is 4. The Balaban J connectivity index is 1.55. The summed E-state index contributed by atoms with van der Waals surface area (Å²) in [5.41, 5.74) is 3.48. The first-order valence-corrected chi connectivity index (χ1v) is 9.65. The number of para-hydroxylation sites is 1. The molecule has 0 fully saturated rings. The normalized spacial score (nSPS) is 13.1. The van der Waals surface area contributed by atoms with Crippen molar-refractivity contribution in [2.45, 2.75) is 19.9 Å². The molecule has 28 heavy (non-hydrogen) atoms. The van der Waals surface area contributed by atoms with Crippen LogP contribution < -0.4 is 4.74 Å². The summed E-state index contributed by atoms with van der Waals surface area (Å²) in [7, 11) is 0. The highest BCUT2D eigenvalue weighted by Crippen LogP contribution is 2.25. The van der Waals surface area contributed by atoms with Crippen LogP contribution in [0.4, 0.5) is 0 Å². The van der Waals surface area contributed by atoms with E-state index in [9.17, 15) is 4.79 Å². The lowest BCUT2D eigenvalue weighted by molar-refractivity contribution is 0.0729. The molecule has 0 bridgehead atoms. The summed E-state index contributed by atoms with van der Waals surface area (Å²) in [4.78, 5) is 24.0. The lowest BCUT2D eigenvalue weighted by atomic mass is 10.0. The summed E-state index contributed by atoms with van der Waals surface area (Å²) < 4.78 is 5.61. The van der Waals surface area contributed by atoms with Crippen LogP contribution >= 0.6 is 11.6 Å². The van der Waals surface area contributed by atoms with Crippen molar-refractivity contribution in [1.82, 2.24) is 14.9 Å². The Morgan fingerprint density at radius 3 is 2.75 bits per heavy atom. The smallest absolute Gasteiger partial charge is 0.257 e. The van der Waals surface area contributed by atoms with Gasteiger partial charge in [-0.1, -0.05) is 23.7 Å². The van der Waals surface area contributed by atoms with Gasteiger partial charge in [-0.2, -0.15) is 0 Å². The monoisotopic (exact) mass is 393 g/mol. The van der Waals surface area contributed by atoms with E-state index >= 15 is 0 Å². The predicted octanol–water partition coefficient (Wildman–Crippen LogP) is 4.39. The maximum atomic E-state index is 13.0. The maximum Gasteiger partial charge on any atom is 0.257 e. The molecule has 142 valence electrons. The Bertz CT molecular complexity index is 1000. The van der Waals surface area contributed by atoms with Crippen molar-refractivity contribution in [1.29, 1.82) is 0 Å². The van der Waals surface area contributed by atoms with Gasteiger partial charge in [-0.15, -0.1) is 0 Å². The van der Waals surface area contributed by atoms with Crippen LogP contribution in [0.25, 0.3) is 11.4 Å². The van der Waals surface area contributed by atoms with Crippen LogP contribution in [0, 0.1) is 0 Å². The van der Waals surface area contributed by atoms with Crippen molar-refractivity contribution < 1.29 is 9.53 Å². The van der Waals surface area contributed by atoms with Crippen molar-refractivity contribution in [2.75, 3.05) is 13.2 Å². The fourth-order valence-electron chi connectivity index (χ4n) is 3.32. The number of hydrogen-bond acceptors (Lipinski definition) is 4. The fourth-order valence-corrected chi connectivity index (χ4v) is 3.45. The summed E-state index contributed by atoms with van der Waals surface area (Å²) in [6, 6.07) is 14.8. The molecule has 0 N–H and O–H groups in total. The first-order chi connectivity index (χ1) is 13.7. The van der Waals surface area contributed by atoms with E-state index in [2.05, 4.69) is 4.98 Å². The summed E-state index contributed by atoms with van der Waals surface area (Å²) in [5.74, 6) is 1.27. The number of carbonyl (C=O) groups excluding carboxylic acids is 1. The lowest BCUT2D eigenvalue weighted by Crippen LogP contribution is -2.36. The molecule has 6 heteroatoms. The molecule has 2 heterocycles. The number of benzene rings is 2. The van der Waals surface area contributed by atoms with Gasteiger partial charge >= 0.3 is 0 Å². The second-order valence-electron chi connectivity index (χ2n) is 6.58. The second kappa shape index (κ2) is 7.98. The van der Waals surface area contributed by atoms with Crippen molar-refractivity contribution in [3.63, 3.8) is 0 Å². The molecule has 1 aliphatic heterocycles. The number of ether oxygens (including phenoxy) is 1. The van der Waals surface area contributed by atoms with Gasteiger partial charge in [-0.3, -0.25) is 4.79 Å². The summed E-state index contributed by atoms with van der Waals surface area (Å²) >= 11 is 5.95. The molecule has 0 saturated carbocycles. The van der Waals surface area contributed by atoms with E-state index < -0.39 is 0 Å². The van der Waals surface area contributed by atoms with Crippen LogP contribution in [-0.4, -0.2) is 33.9 Å². The van der Waals surface area contributed by atoms with E-state index in [0.29, 0.717) is 48.3 Å². The Morgan fingerprint density at radius 1 is 1.18 bits per heavy atom. The van der Waals surface area contributed by atoms with Crippen LogP contribution in [0.3, 0.4) is 0 Å². The van der Waals surface area contributed by atoms with E-state index in [0.717, 1.165) is 16.8 Å². The van der Waals surface area contributed by atoms with Crippen molar-refractivity contribution in [3.8, 4) is 17.1 Å². The predicted molar refractivity (Wildman–Crippen MR) is 109 cm³/mol. The quantitative estimate of drug-likeness (QED) is 0.659. The topological polar surface area (TPSA) is 55.3 Å².